The van der Waals surface area contributed by atoms with Gasteiger partial charge < -0.3 is 24.5 Å². The smallest absolute Gasteiger partial charge is 0.339 e. The van der Waals surface area contributed by atoms with Crippen molar-refractivity contribution in [1.82, 2.24) is 10.3 Å². The molecular weight excluding hydrogens is 428 g/mol. The Morgan fingerprint density at radius 1 is 1.09 bits per heavy atom. The number of rotatable bonds is 11. The van der Waals surface area contributed by atoms with Gasteiger partial charge in [0, 0.05) is 11.3 Å². The number of ketones is 1. The third kappa shape index (κ3) is 6.68. The standard InChI is InChI=1S/C24H30N2O7/c1-6-7-12-32-18-10-8-17(9-11-18)23(29)25-13-19(27)33-16(4)22(28)21-14(2)20(15(3)26-21)24(30)31-5/h8-11,16,26H,6-7,12-13H2,1-5H3,(H,25,29). The maximum Gasteiger partial charge on any atom is 0.339 e. The van der Waals surface area contributed by atoms with Crippen LogP contribution < -0.4 is 10.1 Å². The number of carbonyl (C=O) groups excluding carboxylic acids is 4. The first-order chi connectivity index (χ1) is 15.7. The Hall–Kier alpha value is -3.62. The molecule has 1 aromatic heterocycles. The van der Waals surface area contributed by atoms with E-state index in [2.05, 4.69) is 17.2 Å². The van der Waals surface area contributed by atoms with Crippen molar-refractivity contribution in [3.63, 3.8) is 0 Å². The number of benzene rings is 1. The lowest BCUT2D eigenvalue weighted by atomic mass is 10.1. The monoisotopic (exact) mass is 458 g/mol. The van der Waals surface area contributed by atoms with Crippen LogP contribution in [0.5, 0.6) is 5.75 Å². The van der Waals surface area contributed by atoms with Gasteiger partial charge in [-0.3, -0.25) is 14.4 Å². The van der Waals surface area contributed by atoms with E-state index >= 15 is 0 Å². The summed E-state index contributed by atoms with van der Waals surface area (Å²) in [6.07, 6.45) is 0.858. The molecule has 1 atom stereocenters. The normalized spacial score (nSPS) is 11.4. The third-order valence-electron chi connectivity index (χ3n) is 5.03. The molecule has 9 heteroatoms. The highest BCUT2D eigenvalue weighted by Gasteiger charge is 2.27. The zero-order valence-corrected chi connectivity index (χ0v) is 19.6. The topological polar surface area (TPSA) is 124 Å². The summed E-state index contributed by atoms with van der Waals surface area (Å²) in [5.41, 5.74) is 1.70. The van der Waals surface area contributed by atoms with Gasteiger partial charge in [0.15, 0.2) is 6.10 Å². The maximum absolute atomic E-state index is 12.7. The second-order valence-electron chi connectivity index (χ2n) is 7.52. The average Bonchev–Trinajstić information content (AvgIpc) is 3.10. The first-order valence-corrected chi connectivity index (χ1v) is 10.7. The molecule has 0 saturated heterocycles. The second-order valence-corrected chi connectivity index (χ2v) is 7.52. The number of carbonyl (C=O) groups is 4. The Morgan fingerprint density at radius 2 is 1.76 bits per heavy atom. The van der Waals surface area contributed by atoms with Gasteiger partial charge >= 0.3 is 11.9 Å². The molecule has 0 aliphatic carbocycles. The molecule has 0 radical (unpaired) electrons. The second kappa shape index (κ2) is 11.8. The molecule has 1 heterocycles. The van der Waals surface area contributed by atoms with E-state index in [1.807, 2.05) is 0 Å². The van der Waals surface area contributed by atoms with Crippen molar-refractivity contribution in [2.45, 2.75) is 46.6 Å². The molecule has 0 spiro atoms. The van der Waals surface area contributed by atoms with Crippen LogP contribution in [0.15, 0.2) is 24.3 Å². The summed E-state index contributed by atoms with van der Waals surface area (Å²) < 4.78 is 15.4. The van der Waals surface area contributed by atoms with Crippen LogP contribution in [-0.2, 0) is 14.3 Å². The summed E-state index contributed by atoms with van der Waals surface area (Å²) in [6, 6.07) is 6.58. The Morgan fingerprint density at radius 3 is 2.36 bits per heavy atom. The quantitative estimate of drug-likeness (QED) is 0.301. The maximum atomic E-state index is 12.7. The number of hydrogen-bond donors (Lipinski definition) is 2. The summed E-state index contributed by atoms with van der Waals surface area (Å²) in [4.78, 5) is 51.9. The summed E-state index contributed by atoms with van der Waals surface area (Å²) in [5, 5.41) is 2.47. The highest BCUT2D eigenvalue weighted by atomic mass is 16.5. The molecule has 1 unspecified atom stereocenters. The molecular formula is C24H30N2O7. The first-order valence-electron chi connectivity index (χ1n) is 10.7. The van der Waals surface area contributed by atoms with Gasteiger partial charge in [0.1, 0.15) is 12.3 Å². The van der Waals surface area contributed by atoms with Gasteiger partial charge in [-0.2, -0.15) is 0 Å². The predicted octanol–water partition coefficient (Wildman–Crippen LogP) is 3.14. The fourth-order valence-corrected chi connectivity index (χ4v) is 3.19. The molecule has 1 aromatic carbocycles. The molecule has 2 rings (SSSR count). The van der Waals surface area contributed by atoms with E-state index in [-0.39, 0.29) is 11.3 Å². The minimum Gasteiger partial charge on any atom is -0.494 e. The van der Waals surface area contributed by atoms with E-state index in [1.165, 1.54) is 14.0 Å². The third-order valence-corrected chi connectivity index (χ3v) is 5.03. The number of hydrogen-bond acceptors (Lipinski definition) is 7. The Kier molecular flexibility index (Phi) is 9.20. The van der Waals surface area contributed by atoms with Crippen molar-refractivity contribution in [2.24, 2.45) is 0 Å². The van der Waals surface area contributed by atoms with Crippen LogP contribution in [0.3, 0.4) is 0 Å². The van der Waals surface area contributed by atoms with E-state index in [0.717, 1.165) is 12.8 Å². The van der Waals surface area contributed by atoms with Crippen molar-refractivity contribution in [3.05, 3.63) is 52.3 Å². The van der Waals surface area contributed by atoms with Crippen LogP contribution in [0.4, 0.5) is 0 Å². The molecule has 0 aliphatic heterocycles. The highest BCUT2D eigenvalue weighted by molar-refractivity contribution is 6.04. The molecule has 2 aromatic rings. The number of aromatic nitrogens is 1. The molecule has 0 bridgehead atoms. The molecule has 2 N–H and O–H groups in total. The van der Waals surface area contributed by atoms with Crippen molar-refractivity contribution in [3.8, 4) is 5.75 Å². The molecule has 0 fully saturated rings. The summed E-state index contributed by atoms with van der Waals surface area (Å²) in [6.45, 7) is 6.95. The molecule has 178 valence electrons. The Labute approximate surface area is 192 Å². The largest absolute Gasteiger partial charge is 0.494 e. The van der Waals surface area contributed by atoms with E-state index in [9.17, 15) is 19.2 Å². The van der Waals surface area contributed by atoms with E-state index in [0.29, 0.717) is 29.2 Å². The zero-order valence-electron chi connectivity index (χ0n) is 19.6. The highest BCUT2D eigenvalue weighted by Crippen LogP contribution is 2.21. The molecule has 33 heavy (non-hydrogen) atoms. The first kappa shape index (κ1) is 25.6. The van der Waals surface area contributed by atoms with Crippen molar-refractivity contribution < 1.29 is 33.4 Å². The van der Waals surface area contributed by atoms with Gasteiger partial charge in [-0.05, 0) is 57.0 Å². The zero-order chi connectivity index (χ0) is 24.5. The lowest BCUT2D eigenvalue weighted by molar-refractivity contribution is -0.145. The molecule has 0 aliphatic rings. The SMILES string of the molecule is CCCCOc1ccc(C(=O)NCC(=O)OC(C)C(=O)c2[nH]c(C)c(C(=O)OC)c2C)cc1. The lowest BCUT2D eigenvalue weighted by Crippen LogP contribution is -2.34. The Bertz CT molecular complexity index is 1010. The van der Waals surface area contributed by atoms with Crippen molar-refractivity contribution in [1.29, 1.82) is 0 Å². The van der Waals surface area contributed by atoms with E-state index < -0.39 is 36.3 Å². The number of esters is 2. The summed E-state index contributed by atoms with van der Waals surface area (Å²) in [5.74, 6) is -1.61. The number of nitrogens with one attached hydrogen (secondary N) is 2. The predicted molar refractivity (Wildman–Crippen MR) is 121 cm³/mol. The number of amides is 1. The molecule has 9 nitrogen and oxygen atoms in total. The van der Waals surface area contributed by atoms with Crippen LogP contribution in [0.2, 0.25) is 0 Å². The number of unbranched alkanes of at least 4 members (excludes halogenated alkanes) is 1. The average molecular weight is 459 g/mol. The minimum absolute atomic E-state index is 0.165. The number of H-pyrrole nitrogens is 1. The molecule has 0 saturated carbocycles. The Balaban J connectivity index is 1.89. The van der Waals surface area contributed by atoms with Crippen LogP contribution in [-0.4, -0.2) is 55.0 Å². The van der Waals surface area contributed by atoms with Gasteiger partial charge in [-0.15, -0.1) is 0 Å². The fraction of sp³-hybridized carbons (Fsp3) is 0.417. The van der Waals surface area contributed by atoms with E-state index in [4.69, 9.17) is 14.2 Å². The van der Waals surface area contributed by atoms with Gasteiger partial charge in [-0.25, -0.2) is 4.79 Å². The lowest BCUT2D eigenvalue weighted by Gasteiger charge is -2.13. The van der Waals surface area contributed by atoms with Crippen LogP contribution in [0.1, 0.15) is 69.2 Å². The number of Topliss-reactive ketones (excluding diaryl/α,β-unsaturated/α-hetero) is 1. The van der Waals surface area contributed by atoms with Crippen LogP contribution in [0.25, 0.3) is 0 Å². The number of ether oxygens (including phenoxy) is 3. The minimum atomic E-state index is -1.11. The number of aryl methyl sites for hydroxylation is 1. The fourth-order valence-electron chi connectivity index (χ4n) is 3.19. The number of aromatic amines is 1. The van der Waals surface area contributed by atoms with Gasteiger partial charge in [0.2, 0.25) is 5.78 Å². The summed E-state index contributed by atoms with van der Waals surface area (Å²) >= 11 is 0. The van der Waals surface area contributed by atoms with Gasteiger partial charge in [-0.1, -0.05) is 13.3 Å². The van der Waals surface area contributed by atoms with Crippen LogP contribution >= 0.6 is 0 Å². The van der Waals surface area contributed by atoms with E-state index in [1.54, 1.807) is 38.1 Å². The van der Waals surface area contributed by atoms with Crippen LogP contribution in [0, 0.1) is 13.8 Å². The van der Waals surface area contributed by atoms with Crippen molar-refractivity contribution >= 4 is 23.6 Å². The van der Waals surface area contributed by atoms with Crippen molar-refractivity contribution in [2.75, 3.05) is 20.3 Å². The summed E-state index contributed by atoms with van der Waals surface area (Å²) in [7, 11) is 1.25. The molecule has 1 amide bonds. The number of methoxy groups -OCH3 is 1. The van der Waals surface area contributed by atoms with Gasteiger partial charge in [0.25, 0.3) is 5.91 Å². The van der Waals surface area contributed by atoms with Gasteiger partial charge in [0.05, 0.1) is 25.0 Å².